The van der Waals surface area contributed by atoms with Gasteiger partial charge >= 0.3 is 5.97 Å². The maximum atomic E-state index is 13.2. The number of carboxylic acids is 1. The fourth-order valence-corrected chi connectivity index (χ4v) is 6.35. The Morgan fingerprint density at radius 3 is 2.06 bits per heavy atom. The van der Waals surface area contributed by atoms with Crippen LogP contribution in [0, 0.1) is 0 Å². The number of carbonyl (C=O) groups excluding carboxylic acids is 2. The molecular weight excluding hydrogens is 542 g/mol. The molecule has 3 aliphatic rings. The van der Waals surface area contributed by atoms with Crippen LogP contribution in [0.15, 0.2) is 56.3 Å². The number of carboxylic acid groups (broad SMARTS) is 1. The van der Waals surface area contributed by atoms with E-state index in [1.807, 2.05) is 12.1 Å². The Labute approximate surface area is 203 Å². The van der Waals surface area contributed by atoms with Gasteiger partial charge in [0.1, 0.15) is 18.9 Å². The van der Waals surface area contributed by atoms with E-state index >= 15 is 0 Å². The molecule has 0 fully saturated rings. The van der Waals surface area contributed by atoms with Crippen LogP contribution >= 0.6 is 31.9 Å². The summed E-state index contributed by atoms with van der Waals surface area (Å²) in [6.45, 7) is 3.77. The highest BCUT2D eigenvalue weighted by Gasteiger charge is 2.43. The lowest BCUT2D eigenvalue weighted by Crippen LogP contribution is -2.41. The summed E-state index contributed by atoms with van der Waals surface area (Å²) >= 11 is 7.13. The molecule has 0 amide bonds. The number of Topliss-reactive ketones (excluding diaryl/α,β-unsaturated/α-hetero) is 2. The molecular formula is C24H23Br2NO5. The number of hydrogen-bond donors (Lipinski definition) is 1. The summed E-state index contributed by atoms with van der Waals surface area (Å²) in [4.78, 5) is 39.7. The van der Waals surface area contributed by atoms with Crippen molar-refractivity contribution in [3.63, 3.8) is 0 Å². The van der Waals surface area contributed by atoms with Gasteiger partial charge in [0.2, 0.25) is 0 Å². The van der Waals surface area contributed by atoms with Crippen LogP contribution in [0.1, 0.15) is 50.0 Å². The molecule has 2 aliphatic carbocycles. The Bertz CT molecular complexity index is 1020. The van der Waals surface area contributed by atoms with Crippen LogP contribution in [-0.2, 0) is 14.4 Å². The minimum Gasteiger partial charge on any atom is -0.487 e. The zero-order valence-corrected chi connectivity index (χ0v) is 20.6. The fourth-order valence-electron chi connectivity index (χ4n) is 4.90. The van der Waals surface area contributed by atoms with Crippen molar-refractivity contribution in [2.45, 2.75) is 44.4 Å². The number of aliphatic carboxylic acids is 1. The van der Waals surface area contributed by atoms with Gasteiger partial charge in [-0.25, -0.2) is 0 Å². The van der Waals surface area contributed by atoms with E-state index in [0.29, 0.717) is 71.0 Å². The minimum absolute atomic E-state index is 0.0178. The van der Waals surface area contributed by atoms with Gasteiger partial charge in [0.25, 0.3) is 0 Å². The molecule has 168 valence electrons. The number of ketones is 2. The first-order valence-electron chi connectivity index (χ1n) is 10.6. The van der Waals surface area contributed by atoms with Gasteiger partial charge in [0, 0.05) is 41.3 Å². The number of carbonyl (C=O) groups is 3. The Kier molecular flexibility index (Phi) is 6.72. The van der Waals surface area contributed by atoms with Crippen LogP contribution in [0.4, 0.5) is 0 Å². The molecule has 1 aliphatic heterocycles. The van der Waals surface area contributed by atoms with E-state index in [9.17, 15) is 19.5 Å². The van der Waals surface area contributed by atoms with Crippen LogP contribution in [0.3, 0.4) is 0 Å². The minimum atomic E-state index is -0.979. The molecule has 8 heteroatoms. The predicted octanol–water partition coefficient (Wildman–Crippen LogP) is 5.27. The smallest absolute Gasteiger partial charge is 0.323 e. The zero-order valence-electron chi connectivity index (χ0n) is 17.5. The second-order valence-electron chi connectivity index (χ2n) is 8.10. The quantitative estimate of drug-likeness (QED) is 0.474. The Hall–Kier alpha value is -2.19. The molecule has 1 N–H and O–H groups in total. The Morgan fingerprint density at radius 1 is 1.06 bits per heavy atom. The number of allylic oxidation sites excluding steroid dienone is 4. The van der Waals surface area contributed by atoms with Crippen molar-refractivity contribution >= 4 is 49.4 Å². The maximum Gasteiger partial charge on any atom is 0.323 e. The normalized spacial score (nSPS) is 19.1. The van der Waals surface area contributed by atoms with Crippen LogP contribution < -0.4 is 4.74 Å². The lowest BCUT2D eigenvalue weighted by Gasteiger charge is -2.43. The topological polar surface area (TPSA) is 83.9 Å². The second-order valence-corrected chi connectivity index (χ2v) is 9.81. The number of ether oxygens (including phenoxy) is 1. The summed E-state index contributed by atoms with van der Waals surface area (Å²) in [5.41, 5.74) is 3.42. The average molecular weight is 565 g/mol. The molecule has 0 radical (unpaired) electrons. The molecule has 1 aromatic carbocycles. The largest absolute Gasteiger partial charge is 0.487 e. The van der Waals surface area contributed by atoms with Crippen molar-refractivity contribution in [2.24, 2.45) is 0 Å². The molecule has 0 atom stereocenters. The second kappa shape index (κ2) is 9.35. The number of hydrogen-bond acceptors (Lipinski definition) is 5. The number of rotatable bonds is 6. The van der Waals surface area contributed by atoms with E-state index in [2.05, 4.69) is 38.4 Å². The molecule has 0 saturated heterocycles. The van der Waals surface area contributed by atoms with E-state index in [0.717, 1.165) is 17.0 Å². The zero-order chi connectivity index (χ0) is 23.0. The molecule has 4 rings (SSSR count). The standard InChI is InChI=1S/C24H23Br2NO5/c1-2-9-32-24-14(25)10-13(11-15(24)26)21-22-16(5-3-7-18(22)28)27(12-20(30)31)17-6-4-8-19(29)23(17)21/h2,10-11,21H,1,3-9,12H2,(H,30,31). The molecule has 0 saturated carbocycles. The highest BCUT2D eigenvalue weighted by molar-refractivity contribution is 9.11. The summed E-state index contributed by atoms with van der Waals surface area (Å²) in [5, 5.41) is 9.55. The molecule has 0 spiro atoms. The van der Waals surface area contributed by atoms with Gasteiger partial charge in [-0.2, -0.15) is 0 Å². The maximum absolute atomic E-state index is 13.2. The van der Waals surface area contributed by atoms with Gasteiger partial charge in [0.05, 0.1) is 8.95 Å². The molecule has 1 heterocycles. The first-order chi connectivity index (χ1) is 15.3. The summed E-state index contributed by atoms with van der Waals surface area (Å²) in [7, 11) is 0. The van der Waals surface area contributed by atoms with Crippen LogP contribution in [0.25, 0.3) is 0 Å². The molecule has 0 unspecified atom stereocenters. The van der Waals surface area contributed by atoms with Crippen molar-refractivity contribution in [1.82, 2.24) is 4.90 Å². The third-order valence-corrected chi connectivity index (χ3v) is 7.26. The number of nitrogens with zero attached hydrogens (tertiary/aromatic N) is 1. The van der Waals surface area contributed by atoms with Crippen LogP contribution in [-0.4, -0.2) is 40.7 Å². The van der Waals surface area contributed by atoms with Crippen molar-refractivity contribution in [1.29, 1.82) is 0 Å². The van der Waals surface area contributed by atoms with Crippen LogP contribution in [0.2, 0.25) is 0 Å². The molecule has 1 aromatic rings. The third kappa shape index (κ3) is 4.10. The van der Waals surface area contributed by atoms with Gasteiger partial charge < -0.3 is 14.7 Å². The highest BCUT2D eigenvalue weighted by Crippen LogP contribution is 2.50. The number of halogens is 2. The molecule has 6 nitrogen and oxygen atoms in total. The SMILES string of the molecule is C=CCOc1c(Br)cc(C2C3=C(CCCC3=O)N(CC(=O)O)C3=C2C(=O)CCC3)cc1Br. The van der Waals surface area contributed by atoms with Crippen molar-refractivity contribution in [2.75, 3.05) is 13.2 Å². The average Bonchev–Trinajstić information content (AvgIpc) is 2.73. The van der Waals surface area contributed by atoms with Gasteiger partial charge in [-0.1, -0.05) is 12.7 Å². The predicted molar refractivity (Wildman–Crippen MR) is 126 cm³/mol. The van der Waals surface area contributed by atoms with Gasteiger partial charge in [-0.05, 0) is 75.2 Å². The van der Waals surface area contributed by atoms with E-state index < -0.39 is 11.9 Å². The third-order valence-electron chi connectivity index (χ3n) is 6.08. The molecule has 32 heavy (non-hydrogen) atoms. The molecule has 0 bridgehead atoms. The summed E-state index contributed by atoms with van der Waals surface area (Å²) in [6, 6.07) is 3.78. The Morgan fingerprint density at radius 2 is 1.59 bits per heavy atom. The summed E-state index contributed by atoms with van der Waals surface area (Å²) < 4.78 is 7.13. The number of benzene rings is 1. The monoisotopic (exact) mass is 563 g/mol. The van der Waals surface area contributed by atoms with Crippen molar-refractivity contribution in [3.05, 3.63) is 61.8 Å². The van der Waals surface area contributed by atoms with Crippen molar-refractivity contribution < 1.29 is 24.2 Å². The van der Waals surface area contributed by atoms with Crippen LogP contribution in [0.5, 0.6) is 5.75 Å². The van der Waals surface area contributed by atoms with E-state index in [-0.39, 0.29) is 18.1 Å². The van der Waals surface area contributed by atoms with Gasteiger partial charge in [-0.15, -0.1) is 0 Å². The van der Waals surface area contributed by atoms with Gasteiger partial charge in [-0.3, -0.25) is 14.4 Å². The summed E-state index contributed by atoms with van der Waals surface area (Å²) in [6.07, 6.45) is 5.06. The lowest BCUT2D eigenvalue weighted by molar-refractivity contribution is -0.138. The first kappa shape index (κ1) is 23.0. The lowest BCUT2D eigenvalue weighted by atomic mass is 9.71. The fraction of sp³-hybridized carbons (Fsp3) is 0.375. The molecule has 0 aromatic heterocycles. The summed E-state index contributed by atoms with van der Waals surface area (Å²) in [5.74, 6) is -0.906. The first-order valence-corrected chi connectivity index (χ1v) is 12.2. The van der Waals surface area contributed by atoms with E-state index in [1.165, 1.54) is 0 Å². The van der Waals surface area contributed by atoms with E-state index in [1.54, 1.807) is 11.0 Å². The van der Waals surface area contributed by atoms with Crippen molar-refractivity contribution in [3.8, 4) is 5.75 Å². The van der Waals surface area contributed by atoms with E-state index in [4.69, 9.17) is 4.74 Å². The highest BCUT2D eigenvalue weighted by atomic mass is 79.9. The van der Waals surface area contributed by atoms with Gasteiger partial charge in [0.15, 0.2) is 11.6 Å². The Balaban J connectivity index is 1.92.